The summed E-state index contributed by atoms with van der Waals surface area (Å²) in [6.07, 6.45) is 1.98. The van der Waals surface area contributed by atoms with Crippen LogP contribution in [0.2, 0.25) is 0 Å². The zero-order chi connectivity index (χ0) is 20.4. The van der Waals surface area contributed by atoms with Crippen molar-refractivity contribution in [2.24, 2.45) is 4.99 Å². The number of hydrogen-bond donors (Lipinski definition) is 0. The van der Waals surface area contributed by atoms with Crippen molar-refractivity contribution in [3.8, 4) is 5.69 Å². The molecule has 4 rings (SSSR count). The summed E-state index contributed by atoms with van der Waals surface area (Å²) < 4.78 is 15.3. The summed E-state index contributed by atoms with van der Waals surface area (Å²) >= 11 is 1.46. The monoisotopic (exact) mass is 405 g/mol. The van der Waals surface area contributed by atoms with E-state index < -0.39 is 0 Å². The number of carbonyl (C=O) groups is 1. The van der Waals surface area contributed by atoms with Gasteiger partial charge < -0.3 is 4.90 Å². The number of aromatic nitrogens is 1. The lowest BCUT2D eigenvalue weighted by Crippen LogP contribution is -2.26. The topological polar surface area (TPSA) is 37.6 Å². The van der Waals surface area contributed by atoms with Crippen LogP contribution in [0.4, 0.5) is 9.18 Å². The van der Waals surface area contributed by atoms with Gasteiger partial charge in [-0.2, -0.15) is 4.99 Å². The maximum atomic E-state index is 13.4. The maximum Gasteiger partial charge on any atom is 0.346 e. The standard InChI is InChI=1S/C23H20FN3OS/c1-16-14-27(21-11-10-18-7-3-4-8-19(18)13-21)23(29-16)25-22(28)26(2)15-17-6-5-9-20(24)12-17/h3-14H,15H2,1-2H3/b25-23-. The second-order valence-corrected chi connectivity index (χ2v) is 8.12. The van der Waals surface area contributed by atoms with E-state index in [-0.39, 0.29) is 11.8 Å². The third-order valence-electron chi connectivity index (χ3n) is 4.61. The van der Waals surface area contributed by atoms with Gasteiger partial charge in [0.1, 0.15) is 5.82 Å². The van der Waals surface area contributed by atoms with Crippen LogP contribution in [0.15, 0.2) is 77.9 Å². The molecule has 6 heteroatoms. The van der Waals surface area contributed by atoms with Crippen molar-refractivity contribution in [1.82, 2.24) is 9.47 Å². The molecule has 0 bridgehead atoms. The SMILES string of the molecule is Cc1cn(-c2ccc3ccccc3c2)/c(=N/C(=O)N(C)Cc2cccc(F)c2)s1. The quantitative estimate of drug-likeness (QED) is 0.456. The Hall–Kier alpha value is -3.25. The minimum Gasteiger partial charge on any atom is -0.322 e. The molecule has 1 heterocycles. The molecular formula is C23H20FN3OS. The number of benzene rings is 3. The van der Waals surface area contributed by atoms with Crippen LogP contribution in [0.1, 0.15) is 10.4 Å². The fraction of sp³-hybridized carbons (Fsp3) is 0.130. The van der Waals surface area contributed by atoms with Crippen LogP contribution in [-0.2, 0) is 6.54 Å². The van der Waals surface area contributed by atoms with Crippen LogP contribution in [0.5, 0.6) is 0 Å². The van der Waals surface area contributed by atoms with Crippen molar-refractivity contribution in [2.75, 3.05) is 7.05 Å². The molecule has 0 N–H and O–H groups in total. The molecule has 29 heavy (non-hydrogen) atoms. The van der Waals surface area contributed by atoms with Gasteiger partial charge in [-0.15, -0.1) is 11.3 Å². The summed E-state index contributed by atoms with van der Waals surface area (Å²) in [4.78, 5) is 20.1. The van der Waals surface area contributed by atoms with Gasteiger partial charge in [-0.05, 0) is 47.5 Å². The van der Waals surface area contributed by atoms with Crippen molar-refractivity contribution in [2.45, 2.75) is 13.5 Å². The second kappa shape index (κ2) is 8.01. The lowest BCUT2D eigenvalue weighted by molar-refractivity contribution is 0.216. The van der Waals surface area contributed by atoms with E-state index in [1.165, 1.54) is 28.4 Å². The Morgan fingerprint density at radius 2 is 1.86 bits per heavy atom. The van der Waals surface area contributed by atoms with Crippen molar-refractivity contribution < 1.29 is 9.18 Å². The van der Waals surface area contributed by atoms with Crippen LogP contribution in [-0.4, -0.2) is 22.5 Å². The number of thiazole rings is 1. The average Bonchev–Trinajstić information content (AvgIpc) is 3.07. The number of amides is 2. The molecule has 0 saturated carbocycles. The Balaban J connectivity index is 1.66. The number of urea groups is 1. The first-order valence-electron chi connectivity index (χ1n) is 9.22. The van der Waals surface area contributed by atoms with Crippen molar-refractivity contribution in [3.63, 3.8) is 0 Å². The molecule has 146 valence electrons. The Labute approximate surface area is 172 Å². The highest BCUT2D eigenvalue weighted by Gasteiger charge is 2.11. The summed E-state index contributed by atoms with van der Waals surface area (Å²) in [5, 5.41) is 2.29. The number of fused-ring (bicyclic) bond motifs is 1. The highest BCUT2D eigenvalue weighted by atomic mass is 32.1. The van der Waals surface area contributed by atoms with Crippen LogP contribution in [0.3, 0.4) is 0 Å². The van der Waals surface area contributed by atoms with E-state index in [0.717, 1.165) is 26.9 Å². The first kappa shape index (κ1) is 19.1. The van der Waals surface area contributed by atoms with Crippen LogP contribution in [0.25, 0.3) is 16.5 Å². The molecule has 0 fully saturated rings. The molecule has 0 saturated heterocycles. The fourth-order valence-corrected chi connectivity index (χ4v) is 4.02. The average molecular weight is 405 g/mol. The minimum absolute atomic E-state index is 0.292. The Morgan fingerprint density at radius 3 is 2.66 bits per heavy atom. The molecule has 4 aromatic rings. The third kappa shape index (κ3) is 4.27. The van der Waals surface area contributed by atoms with E-state index in [9.17, 15) is 9.18 Å². The molecule has 0 aliphatic heterocycles. The van der Waals surface area contributed by atoms with Crippen molar-refractivity contribution in [3.05, 3.63) is 94.0 Å². The zero-order valence-electron chi connectivity index (χ0n) is 16.2. The van der Waals surface area contributed by atoms with E-state index in [0.29, 0.717) is 11.3 Å². The Bertz CT molecular complexity index is 1260. The Kier molecular flexibility index (Phi) is 5.27. The third-order valence-corrected chi connectivity index (χ3v) is 5.51. The summed E-state index contributed by atoms with van der Waals surface area (Å²) in [5.41, 5.74) is 1.67. The number of nitrogens with zero attached hydrogens (tertiary/aromatic N) is 3. The van der Waals surface area contributed by atoms with Gasteiger partial charge in [0.05, 0.1) is 0 Å². The summed E-state index contributed by atoms with van der Waals surface area (Å²) in [5.74, 6) is -0.316. The zero-order valence-corrected chi connectivity index (χ0v) is 17.0. The number of halogens is 1. The second-order valence-electron chi connectivity index (χ2n) is 6.91. The molecule has 3 aromatic carbocycles. The molecule has 0 aliphatic carbocycles. The first-order valence-corrected chi connectivity index (χ1v) is 10.0. The van der Waals surface area contributed by atoms with Gasteiger partial charge in [0.25, 0.3) is 0 Å². The van der Waals surface area contributed by atoms with Crippen molar-refractivity contribution >= 4 is 28.1 Å². The van der Waals surface area contributed by atoms with E-state index >= 15 is 0 Å². The number of carbonyl (C=O) groups excluding carboxylic acids is 1. The largest absolute Gasteiger partial charge is 0.346 e. The van der Waals surface area contributed by atoms with Gasteiger partial charge >= 0.3 is 6.03 Å². The molecule has 4 nitrogen and oxygen atoms in total. The highest BCUT2D eigenvalue weighted by Crippen LogP contribution is 2.19. The first-order chi connectivity index (χ1) is 14.0. The van der Waals surface area contributed by atoms with Gasteiger partial charge in [-0.3, -0.25) is 4.57 Å². The molecule has 0 unspecified atom stereocenters. The van der Waals surface area contributed by atoms with Gasteiger partial charge in [-0.25, -0.2) is 9.18 Å². The normalized spacial score (nSPS) is 11.8. The van der Waals surface area contributed by atoms with E-state index in [1.54, 1.807) is 19.2 Å². The van der Waals surface area contributed by atoms with E-state index in [1.807, 2.05) is 35.9 Å². The lowest BCUT2D eigenvalue weighted by Gasteiger charge is -2.14. The number of aryl methyl sites for hydroxylation is 1. The van der Waals surface area contributed by atoms with Gasteiger partial charge in [0.15, 0.2) is 4.80 Å². The van der Waals surface area contributed by atoms with Gasteiger partial charge in [0, 0.05) is 30.4 Å². The molecule has 2 amide bonds. The molecule has 1 aromatic heterocycles. The van der Waals surface area contributed by atoms with E-state index in [2.05, 4.69) is 29.3 Å². The minimum atomic E-state index is -0.370. The molecular weight excluding hydrogens is 385 g/mol. The van der Waals surface area contributed by atoms with Crippen molar-refractivity contribution in [1.29, 1.82) is 0 Å². The smallest absolute Gasteiger partial charge is 0.322 e. The maximum absolute atomic E-state index is 13.4. The Morgan fingerprint density at radius 1 is 1.07 bits per heavy atom. The number of rotatable bonds is 3. The lowest BCUT2D eigenvalue weighted by atomic mass is 10.1. The van der Waals surface area contributed by atoms with Gasteiger partial charge in [-0.1, -0.05) is 42.5 Å². The predicted molar refractivity (Wildman–Crippen MR) is 115 cm³/mol. The van der Waals surface area contributed by atoms with Crippen LogP contribution >= 0.6 is 11.3 Å². The number of hydrogen-bond acceptors (Lipinski definition) is 2. The summed E-state index contributed by atoms with van der Waals surface area (Å²) in [7, 11) is 1.66. The van der Waals surface area contributed by atoms with Gasteiger partial charge in [0.2, 0.25) is 0 Å². The molecule has 0 aliphatic rings. The molecule has 0 radical (unpaired) electrons. The fourth-order valence-electron chi connectivity index (χ4n) is 3.19. The van der Waals surface area contributed by atoms with Crippen LogP contribution < -0.4 is 4.80 Å². The predicted octanol–water partition coefficient (Wildman–Crippen LogP) is 5.29. The van der Waals surface area contributed by atoms with Crippen LogP contribution in [0, 0.1) is 12.7 Å². The summed E-state index contributed by atoms with van der Waals surface area (Å²) in [6.45, 7) is 2.28. The van der Waals surface area contributed by atoms with E-state index in [4.69, 9.17) is 0 Å². The summed E-state index contributed by atoms with van der Waals surface area (Å²) in [6, 6.07) is 20.2. The molecule has 0 atom stereocenters. The molecule has 0 spiro atoms. The highest BCUT2D eigenvalue weighted by molar-refractivity contribution is 7.09.